The van der Waals surface area contributed by atoms with Gasteiger partial charge in [0, 0.05) is 16.3 Å². The van der Waals surface area contributed by atoms with E-state index < -0.39 is 0 Å². The third-order valence-corrected chi connectivity index (χ3v) is 6.41. The predicted molar refractivity (Wildman–Crippen MR) is 115 cm³/mol. The van der Waals surface area contributed by atoms with Crippen LogP contribution in [0.5, 0.6) is 0 Å². The maximum atomic E-state index is 13.0. The predicted octanol–water partition coefficient (Wildman–Crippen LogP) is 6.33. The molecule has 1 rings (SSSR count). The summed E-state index contributed by atoms with van der Waals surface area (Å²) >= 11 is 2.26. The summed E-state index contributed by atoms with van der Waals surface area (Å²) in [5.74, 6) is -0.0671. The lowest BCUT2D eigenvalue weighted by Crippen LogP contribution is -2.45. The number of carbonyl (C=O) groups excluding carboxylic acids is 2. The molecule has 0 aromatic heterocycles. The molecule has 0 spiro atoms. The third-order valence-electron chi connectivity index (χ3n) is 5.46. The Morgan fingerprint density at radius 3 is 2.00 bits per heavy atom. The van der Waals surface area contributed by atoms with Gasteiger partial charge in [-0.05, 0) is 55.1 Å². The second-order valence-electron chi connectivity index (χ2n) is 9.36. The largest absolute Gasteiger partial charge is 0.294 e. The standard InChI is InChI=1S/C22H35IO2/c1-9-16(12-21(4,5)6)10-11-22(7,8)18-17(13-23)19(24)14(2)15(3)20(18)25/h10,17-18H,9,11-13H2,1-8H3/b16-10+. The zero-order valence-electron chi connectivity index (χ0n) is 17.3. The Balaban J connectivity index is 3.14. The fourth-order valence-corrected chi connectivity index (χ4v) is 4.74. The SMILES string of the molecule is CC/C(=C\CC(C)(C)C1C(=O)C(C)=C(C)C(=O)C1CI)CC(C)(C)C. The highest BCUT2D eigenvalue weighted by molar-refractivity contribution is 14.1. The Labute approximate surface area is 168 Å². The number of rotatable bonds is 6. The number of halogens is 1. The number of hydrogen-bond donors (Lipinski definition) is 0. The van der Waals surface area contributed by atoms with Crippen LogP contribution in [0.3, 0.4) is 0 Å². The fourth-order valence-electron chi connectivity index (χ4n) is 3.83. The van der Waals surface area contributed by atoms with Gasteiger partial charge in [0.2, 0.25) is 0 Å². The van der Waals surface area contributed by atoms with Crippen molar-refractivity contribution in [2.75, 3.05) is 4.43 Å². The Morgan fingerprint density at radius 1 is 1.04 bits per heavy atom. The molecule has 25 heavy (non-hydrogen) atoms. The van der Waals surface area contributed by atoms with E-state index in [1.165, 1.54) is 5.57 Å². The lowest BCUT2D eigenvalue weighted by atomic mass is 9.62. The van der Waals surface area contributed by atoms with E-state index >= 15 is 0 Å². The van der Waals surface area contributed by atoms with E-state index in [0.29, 0.717) is 15.6 Å². The summed E-state index contributed by atoms with van der Waals surface area (Å²) in [5.41, 5.74) is 2.83. The Kier molecular flexibility index (Phi) is 7.67. The Morgan fingerprint density at radius 2 is 1.56 bits per heavy atom. The van der Waals surface area contributed by atoms with E-state index in [9.17, 15) is 9.59 Å². The van der Waals surface area contributed by atoms with Crippen molar-refractivity contribution in [1.82, 2.24) is 0 Å². The van der Waals surface area contributed by atoms with E-state index in [1.54, 1.807) is 6.92 Å². The second kappa shape index (κ2) is 8.49. The molecule has 0 bridgehead atoms. The minimum absolute atomic E-state index is 0.166. The van der Waals surface area contributed by atoms with Crippen LogP contribution in [-0.4, -0.2) is 16.0 Å². The van der Waals surface area contributed by atoms with E-state index in [4.69, 9.17) is 0 Å². The summed E-state index contributed by atoms with van der Waals surface area (Å²) in [4.78, 5) is 25.7. The van der Waals surface area contributed by atoms with Gasteiger partial charge in [0.15, 0.2) is 11.6 Å². The van der Waals surface area contributed by atoms with Crippen LogP contribution in [0.4, 0.5) is 0 Å². The van der Waals surface area contributed by atoms with Crippen LogP contribution in [0.2, 0.25) is 0 Å². The average Bonchev–Trinajstić information content (AvgIpc) is 2.51. The molecular formula is C22H35IO2. The Hall–Kier alpha value is -0.450. The highest BCUT2D eigenvalue weighted by Crippen LogP contribution is 2.44. The summed E-state index contributed by atoms with van der Waals surface area (Å²) in [6.07, 6.45) is 5.28. The molecule has 0 aromatic rings. The summed E-state index contributed by atoms with van der Waals surface area (Å²) in [7, 11) is 0. The van der Waals surface area contributed by atoms with Gasteiger partial charge in [0.05, 0.1) is 0 Å². The fraction of sp³-hybridized carbons (Fsp3) is 0.727. The molecule has 0 saturated heterocycles. The third kappa shape index (κ3) is 5.51. The van der Waals surface area contributed by atoms with Crippen LogP contribution >= 0.6 is 22.6 Å². The van der Waals surface area contributed by atoms with E-state index in [2.05, 4.69) is 70.2 Å². The first kappa shape index (κ1) is 22.6. The van der Waals surface area contributed by atoms with Crippen LogP contribution < -0.4 is 0 Å². The van der Waals surface area contributed by atoms with Gasteiger partial charge in [-0.3, -0.25) is 9.59 Å². The molecular weight excluding hydrogens is 423 g/mol. The van der Waals surface area contributed by atoms with Crippen molar-refractivity contribution < 1.29 is 9.59 Å². The summed E-state index contributed by atoms with van der Waals surface area (Å²) < 4.78 is 0.702. The lowest BCUT2D eigenvalue weighted by Gasteiger charge is -2.40. The molecule has 0 heterocycles. The molecule has 0 aromatic carbocycles. The van der Waals surface area contributed by atoms with Gasteiger partial charge in [-0.15, -0.1) is 0 Å². The smallest absolute Gasteiger partial charge is 0.163 e. The number of Topliss-reactive ketones (excluding diaryl/α,β-unsaturated/α-hetero) is 2. The average molecular weight is 458 g/mol. The molecule has 0 fully saturated rings. The Bertz CT molecular complexity index is 588. The molecule has 0 N–H and O–H groups in total. The van der Waals surface area contributed by atoms with Gasteiger partial charge in [0.1, 0.15) is 0 Å². The maximum absolute atomic E-state index is 13.0. The van der Waals surface area contributed by atoms with Gasteiger partial charge in [-0.25, -0.2) is 0 Å². The first-order valence-corrected chi connectivity index (χ1v) is 10.9. The van der Waals surface area contributed by atoms with Crippen LogP contribution in [0.1, 0.15) is 74.7 Å². The van der Waals surface area contributed by atoms with Gasteiger partial charge in [-0.2, -0.15) is 0 Å². The van der Waals surface area contributed by atoms with E-state index in [0.717, 1.165) is 19.3 Å². The van der Waals surface area contributed by atoms with Crippen LogP contribution in [0, 0.1) is 22.7 Å². The normalized spacial score (nSPS) is 23.5. The number of carbonyl (C=O) groups is 2. The summed E-state index contributed by atoms with van der Waals surface area (Å²) in [6.45, 7) is 16.9. The van der Waals surface area contributed by atoms with Crippen molar-refractivity contribution in [2.45, 2.75) is 74.7 Å². The van der Waals surface area contributed by atoms with Crippen molar-refractivity contribution in [3.63, 3.8) is 0 Å². The first-order chi connectivity index (χ1) is 11.4. The zero-order valence-corrected chi connectivity index (χ0v) is 19.4. The highest BCUT2D eigenvalue weighted by atomic mass is 127. The first-order valence-electron chi connectivity index (χ1n) is 9.35. The monoisotopic (exact) mass is 458 g/mol. The van der Waals surface area contributed by atoms with Crippen molar-refractivity contribution in [1.29, 1.82) is 0 Å². The number of hydrogen-bond acceptors (Lipinski definition) is 2. The zero-order chi connectivity index (χ0) is 19.6. The summed E-state index contributed by atoms with van der Waals surface area (Å²) in [6, 6.07) is 0. The molecule has 0 aliphatic heterocycles. The van der Waals surface area contributed by atoms with Crippen molar-refractivity contribution in [3.8, 4) is 0 Å². The molecule has 1 aliphatic carbocycles. The van der Waals surface area contributed by atoms with Crippen LogP contribution in [0.25, 0.3) is 0 Å². The quantitative estimate of drug-likeness (QED) is 0.265. The van der Waals surface area contributed by atoms with Crippen molar-refractivity contribution in [3.05, 3.63) is 22.8 Å². The minimum Gasteiger partial charge on any atom is -0.294 e. The van der Waals surface area contributed by atoms with Gasteiger partial charge < -0.3 is 0 Å². The number of allylic oxidation sites excluding steroid dienone is 4. The molecule has 3 heteroatoms. The molecule has 0 radical (unpaired) electrons. The lowest BCUT2D eigenvalue weighted by molar-refractivity contribution is -0.133. The molecule has 2 atom stereocenters. The van der Waals surface area contributed by atoms with Crippen molar-refractivity contribution >= 4 is 34.2 Å². The topological polar surface area (TPSA) is 34.1 Å². The molecule has 1 aliphatic rings. The summed E-state index contributed by atoms with van der Waals surface area (Å²) in [5, 5.41) is 0. The second-order valence-corrected chi connectivity index (χ2v) is 10.2. The van der Waals surface area contributed by atoms with Gasteiger partial charge in [-0.1, -0.05) is 75.8 Å². The molecule has 0 saturated carbocycles. The molecule has 0 amide bonds. The van der Waals surface area contributed by atoms with E-state index in [1.807, 2.05) is 6.92 Å². The van der Waals surface area contributed by atoms with Gasteiger partial charge in [0.25, 0.3) is 0 Å². The molecule has 2 nitrogen and oxygen atoms in total. The number of alkyl halides is 1. The number of ketones is 2. The molecule has 2 unspecified atom stereocenters. The maximum Gasteiger partial charge on any atom is 0.163 e. The van der Waals surface area contributed by atoms with Gasteiger partial charge >= 0.3 is 0 Å². The highest BCUT2D eigenvalue weighted by Gasteiger charge is 2.46. The minimum atomic E-state index is -0.219. The van der Waals surface area contributed by atoms with Crippen LogP contribution in [0.15, 0.2) is 22.8 Å². The van der Waals surface area contributed by atoms with E-state index in [-0.39, 0.29) is 34.2 Å². The van der Waals surface area contributed by atoms with Crippen LogP contribution in [-0.2, 0) is 9.59 Å². The molecule has 142 valence electrons. The van der Waals surface area contributed by atoms with Crippen molar-refractivity contribution in [2.24, 2.45) is 22.7 Å².